The summed E-state index contributed by atoms with van der Waals surface area (Å²) in [5.41, 5.74) is 2.65. The third-order valence-electron chi connectivity index (χ3n) is 3.99. The van der Waals surface area contributed by atoms with Crippen LogP contribution in [0, 0.1) is 0 Å². The molecule has 21 heavy (non-hydrogen) atoms. The molecule has 1 N–H and O–H groups in total. The second kappa shape index (κ2) is 5.71. The zero-order valence-corrected chi connectivity index (χ0v) is 12.5. The lowest BCUT2D eigenvalue weighted by atomic mass is 10.1. The molecule has 0 aliphatic carbocycles. The highest BCUT2D eigenvalue weighted by Crippen LogP contribution is 2.32. The minimum atomic E-state index is 0.0138. The number of carbonyl (C=O) groups is 1. The van der Waals surface area contributed by atoms with Crippen LogP contribution in [0.4, 0.5) is 0 Å². The van der Waals surface area contributed by atoms with Gasteiger partial charge < -0.3 is 4.90 Å². The van der Waals surface area contributed by atoms with Gasteiger partial charge in [-0.2, -0.15) is 10.2 Å². The molecule has 1 aliphatic heterocycles. The molecule has 1 saturated heterocycles. The van der Waals surface area contributed by atoms with Gasteiger partial charge in [0.05, 0.1) is 12.2 Å². The van der Waals surface area contributed by atoms with E-state index >= 15 is 0 Å². The molecule has 1 atom stereocenters. The molecule has 2 aromatic heterocycles. The number of rotatable bonds is 4. The topological polar surface area (TPSA) is 66.8 Å². The minimum Gasteiger partial charge on any atom is -0.330 e. The van der Waals surface area contributed by atoms with E-state index in [-0.39, 0.29) is 11.9 Å². The molecule has 1 fully saturated rings. The fourth-order valence-electron chi connectivity index (χ4n) is 2.98. The van der Waals surface area contributed by atoms with Crippen LogP contribution >= 0.6 is 0 Å². The first-order valence-electron chi connectivity index (χ1n) is 7.53. The Bertz CT molecular complexity index is 630. The van der Waals surface area contributed by atoms with Crippen LogP contribution in [0.1, 0.15) is 54.0 Å². The van der Waals surface area contributed by atoms with Gasteiger partial charge in [0, 0.05) is 31.0 Å². The van der Waals surface area contributed by atoms with E-state index in [0.29, 0.717) is 5.69 Å². The molecule has 0 bridgehead atoms. The van der Waals surface area contributed by atoms with Crippen LogP contribution in [0.15, 0.2) is 18.5 Å². The Morgan fingerprint density at radius 3 is 3.10 bits per heavy atom. The maximum absolute atomic E-state index is 12.7. The Morgan fingerprint density at radius 2 is 2.38 bits per heavy atom. The van der Waals surface area contributed by atoms with Crippen molar-refractivity contribution in [3.8, 4) is 0 Å². The van der Waals surface area contributed by atoms with Gasteiger partial charge in [0.1, 0.15) is 5.69 Å². The number of nitrogens with zero attached hydrogens (tertiary/aromatic N) is 4. The minimum absolute atomic E-state index is 0.0138. The van der Waals surface area contributed by atoms with Crippen molar-refractivity contribution in [2.24, 2.45) is 7.05 Å². The molecule has 0 spiro atoms. The summed E-state index contributed by atoms with van der Waals surface area (Å²) in [5, 5.41) is 11.3. The van der Waals surface area contributed by atoms with Crippen molar-refractivity contribution in [1.29, 1.82) is 0 Å². The maximum Gasteiger partial charge on any atom is 0.274 e. The molecule has 6 nitrogen and oxygen atoms in total. The molecule has 0 radical (unpaired) electrons. The van der Waals surface area contributed by atoms with Crippen molar-refractivity contribution < 1.29 is 4.79 Å². The molecule has 3 rings (SSSR count). The highest BCUT2D eigenvalue weighted by molar-refractivity contribution is 5.92. The summed E-state index contributed by atoms with van der Waals surface area (Å²) in [4.78, 5) is 14.6. The summed E-state index contributed by atoms with van der Waals surface area (Å²) < 4.78 is 1.78. The number of aromatic nitrogens is 4. The Hall–Kier alpha value is -2.11. The van der Waals surface area contributed by atoms with Crippen LogP contribution in [-0.2, 0) is 13.5 Å². The smallest absolute Gasteiger partial charge is 0.274 e. The predicted molar refractivity (Wildman–Crippen MR) is 78.8 cm³/mol. The van der Waals surface area contributed by atoms with Crippen LogP contribution < -0.4 is 0 Å². The maximum atomic E-state index is 12.7. The molecule has 1 aliphatic rings. The number of carbonyl (C=O) groups excluding carboxylic acids is 1. The molecule has 2 aromatic rings. The fourth-order valence-corrected chi connectivity index (χ4v) is 2.98. The number of H-pyrrole nitrogens is 1. The van der Waals surface area contributed by atoms with Gasteiger partial charge in [-0.25, -0.2) is 0 Å². The van der Waals surface area contributed by atoms with Crippen molar-refractivity contribution in [2.45, 2.75) is 38.6 Å². The van der Waals surface area contributed by atoms with Gasteiger partial charge in [-0.05, 0) is 25.3 Å². The van der Waals surface area contributed by atoms with Crippen LogP contribution in [0.25, 0.3) is 0 Å². The number of hydrogen-bond donors (Lipinski definition) is 1. The van der Waals surface area contributed by atoms with E-state index in [2.05, 4.69) is 22.2 Å². The third-order valence-corrected chi connectivity index (χ3v) is 3.99. The Kier molecular flexibility index (Phi) is 3.77. The lowest BCUT2D eigenvalue weighted by Gasteiger charge is -2.22. The lowest BCUT2D eigenvalue weighted by Crippen LogP contribution is -2.30. The van der Waals surface area contributed by atoms with E-state index in [1.165, 1.54) is 0 Å². The molecule has 0 saturated carbocycles. The van der Waals surface area contributed by atoms with Gasteiger partial charge in [0.2, 0.25) is 0 Å². The quantitative estimate of drug-likeness (QED) is 0.936. The second-order valence-corrected chi connectivity index (χ2v) is 5.63. The van der Waals surface area contributed by atoms with Crippen molar-refractivity contribution in [2.75, 3.05) is 6.54 Å². The Labute approximate surface area is 124 Å². The Balaban J connectivity index is 1.79. The number of aryl methyl sites for hydroxylation is 2. The predicted octanol–water partition coefficient (Wildman–Crippen LogP) is 2.07. The SMILES string of the molecule is CCCc1cc(C(=O)N2CCCC2c2cnn(C)c2)n[nH]1. The van der Waals surface area contributed by atoms with Gasteiger partial charge >= 0.3 is 0 Å². The fraction of sp³-hybridized carbons (Fsp3) is 0.533. The standard InChI is InChI=1S/C15H21N5O/c1-3-5-12-8-13(18-17-12)15(21)20-7-4-6-14(20)11-9-16-19(2)10-11/h8-10,14H,3-7H2,1-2H3,(H,17,18). The zero-order chi connectivity index (χ0) is 14.8. The largest absolute Gasteiger partial charge is 0.330 e. The highest BCUT2D eigenvalue weighted by Gasteiger charge is 2.32. The van der Waals surface area contributed by atoms with E-state index in [1.54, 1.807) is 4.68 Å². The van der Waals surface area contributed by atoms with Crippen LogP contribution in [0.2, 0.25) is 0 Å². The normalized spacial score (nSPS) is 18.4. The van der Waals surface area contributed by atoms with E-state index in [0.717, 1.165) is 43.5 Å². The summed E-state index contributed by atoms with van der Waals surface area (Å²) in [6.07, 6.45) is 7.82. The molecular weight excluding hydrogens is 266 g/mol. The van der Waals surface area contributed by atoms with Crippen LogP contribution in [0.3, 0.4) is 0 Å². The molecule has 3 heterocycles. The molecule has 112 valence electrons. The van der Waals surface area contributed by atoms with E-state index < -0.39 is 0 Å². The van der Waals surface area contributed by atoms with Crippen LogP contribution in [0.5, 0.6) is 0 Å². The van der Waals surface area contributed by atoms with E-state index in [1.807, 2.05) is 30.4 Å². The average Bonchev–Trinajstić information content (AvgIpc) is 3.17. The third kappa shape index (κ3) is 2.70. The van der Waals surface area contributed by atoms with Crippen molar-refractivity contribution in [3.63, 3.8) is 0 Å². The first-order valence-corrected chi connectivity index (χ1v) is 7.53. The molecule has 6 heteroatoms. The molecule has 1 unspecified atom stereocenters. The van der Waals surface area contributed by atoms with E-state index in [4.69, 9.17) is 0 Å². The molecular formula is C15H21N5O. The van der Waals surface area contributed by atoms with Crippen molar-refractivity contribution in [3.05, 3.63) is 35.4 Å². The summed E-state index contributed by atoms with van der Waals surface area (Å²) in [7, 11) is 1.90. The number of likely N-dealkylation sites (tertiary alicyclic amines) is 1. The first-order chi connectivity index (χ1) is 10.2. The van der Waals surface area contributed by atoms with Gasteiger partial charge in [-0.3, -0.25) is 14.6 Å². The number of nitrogens with one attached hydrogen (secondary N) is 1. The summed E-state index contributed by atoms with van der Waals surface area (Å²) >= 11 is 0. The van der Waals surface area contributed by atoms with Crippen molar-refractivity contribution >= 4 is 5.91 Å². The monoisotopic (exact) mass is 287 g/mol. The number of aromatic amines is 1. The number of amides is 1. The second-order valence-electron chi connectivity index (χ2n) is 5.63. The molecule has 0 aromatic carbocycles. The van der Waals surface area contributed by atoms with Crippen molar-refractivity contribution in [1.82, 2.24) is 24.9 Å². The van der Waals surface area contributed by atoms with E-state index in [9.17, 15) is 4.79 Å². The van der Waals surface area contributed by atoms with Gasteiger partial charge in [0.25, 0.3) is 5.91 Å². The van der Waals surface area contributed by atoms with Gasteiger partial charge in [-0.15, -0.1) is 0 Å². The highest BCUT2D eigenvalue weighted by atomic mass is 16.2. The average molecular weight is 287 g/mol. The van der Waals surface area contributed by atoms with Gasteiger partial charge in [0.15, 0.2) is 0 Å². The summed E-state index contributed by atoms with van der Waals surface area (Å²) in [6.45, 7) is 2.90. The summed E-state index contributed by atoms with van der Waals surface area (Å²) in [6, 6.07) is 2.00. The first kappa shape index (κ1) is 13.9. The van der Waals surface area contributed by atoms with Gasteiger partial charge in [-0.1, -0.05) is 13.3 Å². The number of hydrogen-bond acceptors (Lipinski definition) is 3. The summed E-state index contributed by atoms with van der Waals surface area (Å²) in [5.74, 6) is 0.0138. The Morgan fingerprint density at radius 1 is 1.52 bits per heavy atom. The molecule has 1 amide bonds. The zero-order valence-electron chi connectivity index (χ0n) is 12.5. The lowest BCUT2D eigenvalue weighted by molar-refractivity contribution is 0.0729. The van der Waals surface area contributed by atoms with Crippen LogP contribution in [-0.4, -0.2) is 37.3 Å².